The van der Waals surface area contributed by atoms with E-state index in [0.717, 1.165) is 83.6 Å². The highest BCUT2D eigenvalue weighted by Gasteiger charge is 2.41. The number of pyridine rings is 6. The lowest BCUT2D eigenvalue weighted by Gasteiger charge is -2.36. The van der Waals surface area contributed by atoms with Crippen LogP contribution in [0.3, 0.4) is 0 Å². The maximum Gasteiger partial charge on any atom is 0.329 e. The zero-order valence-electron chi connectivity index (χ0n) is 32.1. The average molecular weight is 747 g/mol. The molecule has 56 heavy (non-hydrogen) atoms. The van der Waals surface area contributed by atoms with E-state index in [1.807, 2.05) is 68.7 Å². The minimum absolute atomic E-state index is 0.102. The zero-order chi connectivity index (χ0) is 38.8. The van der Waals surface area contributed by atoms with Crippen LogP contribution in [0.25, 0.3) is 22.5 Å². The first-order valence-corrected chi connectivity index (χ1v) is 19.0. The number of rotatable bonds is 3. The van der Waals surface area contributed by atoms with E-state index in [9.17, 15) is 4.79 Å². The quantitative estimate of drug-likeness (QED) is 0.168. The molecule has 2 saturated heterocycles. The maximum atomic E-state index is 13.2. The molecule has 6 aromatic rings. The molecular formula is C43H46N12O. The van der Waals surface area contributed by atoms with Gasteiger partial charge in [0.05, 0.1) is 28.8 Å². The Kier molecular flexibility index (Phi) is 10.1. The van der Waals surface area contributed by atoms with Gasteiger partial charge in [-0.3, -0.25) is 20.2 Å². The number of carbonyl (C=O) groups is 1. The summed E-state index contributed by atoms with van der Waals surface area (Å²) in [6.45, 7) is 12.2. The summed E-state index contributed by atoms with van der Waals surface area (Å²) >= 11 is 0. The van der Waals surface area contributed by atoms with Crippen LogP contribution in [0.4, 0.5) is 39.4 Å². The molecule has 13 nitrogen and oxygen atoms in total. The number of nitrogens with one attached hydrogen (secondary N) is 2. The molecule has 2 amide bonds. The Bertz CT molecular complexity index is 2320. The number of aromatic nitrogens is 6. The molecular weight excluding hydrogens is 701 g/mol. The molecule has 4 aliphatic rings. The normalized spacial score (nSPS) is 17.0. The van der Waals surface area contributed by atoms with Crippen molar-refractivity contribution in [3.8, 4) is 22.5 Å². The highest BCUT2D eigenvalue weighted by molar-refractivity contribution is 6.04. The van der Waals surface area contributed by atoms with Crippen molar-refractivity contribution in [1.82, 2.24) is 29.9 Å². The summed E-state index contributed by atoms with van der Waals surface area (Å²) in [6.07, 6.45) is 9.21. The van der Waals surface area contributed by atoms with Crippen molar-refractivity contribution in [2.45, 2.75) is 52.6 Å². The fraction of sp³-hybridized carbons (Fsp3) is 0.279. The second-order valence-corrected chi connectivity index (χ2v) is 14.6. The lowest BCUT2D eigenvalue weighted by atomic mass is 10.1. The van der Waals surface area contributed by atoms with Gasteiger partial charge in [-0.25, -0.2) is 24.7 Å². The van der Waals surface area contributed by atoms with Crippen molar-refractivity contribution in [3.63, 3.8) is 0 Å². The number of anilines is 6. The van der Waals surface area contributed by atoms with E-state index in [2.05, 4.69) is 72.4 Å². The highest BCUT2D eigenvalue weighted by Crippen LogP contribution is 2.42. The topological polar surface area (TPSA) is 154 Å². The maximum absolute atomic E-state index is 13.2. The number of hydrogen-bond donors (Lipinski definition) is 3. The number of carbonyl (C=O) groups excluding carboxylic acids is 1. The van der Waals surface area contributed by atoms with Crippen LogP contribution in [0.2, 0.25) is 0 Å². The molecule has 4 aliphatic heterocycles. The van der Waals surface area contributed by atoms with Gasteiger partial charge in [-0.05, 0) is 112 Å². The minimum Gasteiger partial charge on any atom is -0.384 e. The van der Waals surface area contributed by atoms with E-state index in [1.54, 1.807) is 29.4 Å². The van der Waals surface area contributed by atoms with E-state index >= 15 is 0 Å². The van der Waals surface area contributed by atoms with Gasteiger partial charge in [0.15, 0.2) is 11.6 Å². The number of fused-ring (bicyclic) bond motifs is 8. The van der Waals surface area contributed by atoms with Crippen molar-refractivity contribution in [2.75, 3.05) is 57.2 Å². The van der Waals surface area contributed by atoms with Crippen LogP contribution in [-0.4, -0.2) is 74.2 Å². The molecule has 10 rings (SSSR count). The van der Waals surface area contributed by atoms with E-state index in [0.29, 0.717) is 23.5 Å². The molecule has 2 atom stereocenters. The molecule has 0 saturated carbocycles. The van der Waals surface area contributed by atoms with Crippen LogP contribution < -0.4 is 31.1 Å². The van der Waals surface area contributed by atoms with Gasteiger partial charge in [0.1, 0.15) is 11.6 Å². The standard InChI is InChI=1S/C22H22N6O.C16H18N4.C5H6N2/c1-14-11-18-21(26-20(14)16-7-6-15(2)24-12-16)28(17-8-10-27(18)13-17)22(29)25-19-5-3-4-9-23-19;1-10-7-14-16(18-13-5-6-20(14)9-13)19-15(10)12-4-3-11(2)17-8-12;6-5-3-1-2-4-7-5/h3-7,9,11-12,17H,8,10,13H2,1-2H3,(H,23,25,29);3-4,7-8,13H,5-6,9H2,1-2H3,(H,18,19);1-4H,(H2,6,7)/t17-;13-;/m00./s1. The Morgan fingerprint density at radius 3 is 1.98 bits per heavy atom. The summed E-state index contributed by atoms with van der Waals surface area (Å²) in [4.78, 5) is 46.4. The van der Waals surface area contributed by atoms with Crippen LogP contribution in [0.1, 0.15) is 35.4 Å². The van der Waals surface area contributed by atoms with Crippen LogP contribution in [0, 0.1) is 27.7 Å². The van der Waals surface area contributed by atoms with Gasteiger partial charge in [-0.15, -0.1) is 0 Å². The highest BCUT2D eigenvalue weighted by atomic mass is 16.2. The van der Waals surface area contributed by atoms with Crippen molar-refractivity contribution in [1.29, 1.82) is 0 Å². The van der Waals surface area contributed by atoms with Gasteiger partial charge in [0.2, 0.25) is 0 Å². The molecule has 284 valence electrons. The second-order valence-electron chi connectivity index (χ2n) is 14.6. The van der Waals surface area contributed by atoms with Gasteiger partial charge < -0.3 is 20.9 Å². The van der Waals surface area contributed by atoms with E-state index in [-0.39, 0.29) is 12.1 Å². The SMILES string of the molecule is Cc1ccc(-c2nc3c(cc2C)N2CC[C@@H](C2)N3)cn1.Cc1ccc(-c2nc3c(cc2C)N2CC[C@@H](C2)N3C(=O)Nc2ccccn2)cn1.Nc1ccccn1. The number of nitrogens with zero attached hydrogens (tertiary/aromatic N) is 9. The molecule has 0 aliphatic carbocycles. The van der Waals surface area contributed by atoms with Gasteiger partial charge in [0.25, 0.3) is 0 Å². The lowest BCUT2D eigenvalue weighted by Crippen LogP contribution is -2.48. The Morgan fingerprint density at radius 1 is 0.732 bits per heavy atom. The van der Waals surface area contributed by atoms with Crippen molar-refractivity contribution < 1.29 is 4.79 Å². The molecule has 4 N–H and O–H groups in total. The number of urea groups is 1. The first kappa shape index (κ1) is 36.4. The molecule has 2 fully saturated rings. The summed E-state index contributed by atoms with van der Waals surface area (Å²) in [7, 11) is 0. The van der Waals surface area contributed by atoms with E-state index in [1.165, 1.54) is 17.7 Å². The first-order chi connectivity index (χ1) is 27.2. The fourth-order valence-electron chi connectivity index (χ4n) is 7.62. The minimum atomic E-state index is -0.194. The Morgan fingerprint density at radius 2 is 1.38 bits per heavy atom. The van der Waals surface area contributed by atoms with E-state index < -0.39 is 0 Å². The third kappa shape index (κ3) is 7.65. The molecule has 0 radical (unpaired) electrons. The van der Waals surface area contributed by atoms with Crippen molar-refractivity contribution in [2.24, 2.45) is 0 Å². The van der Waals surface area contributed by atoms with Gasteiger partial charge >= 0.3 is 6.03 Å². The molecule has 4 bridgehead atoms. The monoisotopic (exact) mass is 746 g/mol. The van der Waals surface area contributed by atoms with Crippen LogP contribution >= 0.6 is 0 Å². The molecule has 0 unspecified atom stereocenters. The zero-order valence-corrected chi connectivity index (χ0v) is 32.1. The Balaban J connectivity index is 0.000000140. The first-order valence-electron chi connectivity index (χ1n) is 19.0. The molecule has 0 spiro atoms. The van der Waals surface area contributed by atoms with Gasteiger partial charge in [0, 0.05) is 79.5 Å². The Hall–Kier alpha value is -6.63. The molecule has 0 aromatic carbocycles. The van der Waals surface area contributed by atoms with Gasteiger partial charge in [-0.2, -0.15) is 0 Å². The van der Waals surface area contributed by atoms with E-state index in [4.69, 9.17) is 15.7 Å². The van der Waals surface area contributed by atoms with Crippen molar-refractivity contribution >= 4 is 40.7 Å². The second kappa shape index (κ2) is 15.6. The van der Waals surface area contributed by atoms with Crippen LogP contribution in [0.5, 0.6) is 0 Å². The van der Waals surface area contributed by atoms with Crippen LogP contribution in [0.15, 0.2) is 97.6 Å². The van der Waals surface area contributed by atoms with Crippen molar-refractivity contribution in [3.05, 3.63) is 120 Å². The van der Waals surface area contributed by atoms with Crippen LogP contribution in [-0.2, 0) is 0 Å². The summed E-state index contributed by atoms with van der Waals surface area (Å²) < 4.78 is 0. The lowest BCUT2D eigenvalue weighted by molar-refractivity contribution is 0.254. The predicted octanol–water partition coefficient (Wildman–Crippen LogP) is 7.21. The summed E-state index contributed by atoms with van der Waals surface area (Å²) in [5.41, 5.74) is 15.7. The summed E-state index contributed by atoms with van der Waals surface area (Å²) in [5.74, 6) is 2.84. The predicted molar refractivity (Wildman–Crippen MR) is 223 cm³/mol. The summed E-state index contributed by atoms with van der Waals surface area (Å²) in [6, 6.07) is 23.9. The third-order valence-corrected chi connectivity index (χ3v) is 10.5. The smallest absolute Gasteiger partial charge is 0.329 e. The number of nitrogen functional groups attached to an aromatic ring is 1. The molecule has 13 heteroatoms. The number of nitrogens with two attached hydrogens (primary N) is 1. The Labute approximate surface area is 327 Å². The molecule has 6 aromatic heterocycles. The number of amides is 2. The fourth-order valence-corrected chi connectivity index (χ4v) is 7.62. The average Bonchev–Trinajstić information content (AvgIpc) is 3.82. The third-order valence-electron chi connectivity index (χ3n) is 10.5. The number of hydrogen-bond acceptors (Lipinski definition) is 11. The molecule has 10 heterocycles. The summed E-state index contributed by atoms with van der Waals surface area (Å²) in [5, 5.41) is 6.49. The largest absolute Gasteiger partial charge is 0.384 e. The number of aryl methyl sites for hydroxylation is 4. The van der Waals surface area contributed by atoms with Gasteiger partial charge in [-0.1, -0.05) is 12.1 Å².